The lowest BCUT2D eigenvalue weighted by molar-refractivity contribution is 0.00835. The molecule has 1 aromatic heterocycles. The van der Waals surface area contributed by atoms with Gasteiger partial charge in [0, 0.05) is 37.8 Å². The fraction of sp³-hybridized carbons (Fsp3) is 0.688. The topological polar surface area (TPSA) is 58.6 Å². The molecular weight excluding hydrogens is 280 g/mol. The Morgan fingerprint density at radius 1 is 1.27 bits per heavy atom. The van der Waals surface area contributed by atoms with Crippen LogP contribution < -0.4 is 0 Å². The zero-order chi connectivity index (χ0) is 15.6. The van der Waals surface area contributed by atoms with Crippen LogP contribution in [-0.4, -0.2) is 72.1 Å². The largest absolute Gasteiger partial charge is 0.379 e. The number of rotatable bonds is 1. The number of ether oxygens (including phenoxy) is 1. The molecule has 1 atom stereocenters. The van der Waals surface area contributed by atoms with E-state index in [4.69, 9.17) is 4.74 Å². The molecular formula is C16H24N4O2. The third-order valence-electron chi connectivity index (χ3n) is 4.58. The molecule has 3 heterocycles. The van der Waals surface area contributed by atoms with Crippen molar-refractivity contribution in [3.05, 3.63) is 23.8 Å². The third-order valence-corrected chi connectivity index (χ3v) is 4.58. The van der Waals surface area contributed by atoms with Crippen molar-refractivity contribution in [3.8, 4) is 0 Å². The minimum atomic E-state index is -0.0153. The summed E-state index contributed by atoms with van der Waals surface area (Å²) in [5.41, 5.74) is 1.31. The fourth-order valence-corrected chi connectivity index (χ4v) is 3.50. The molecule has 120 valence electrons. The van der Waals surface area contributed by atoms with Crippen LogP contribution in [0.2, 0.25) is 0 Å². The van der Waals surface area contributed by atoms with Crippen molar-refractivity contribution in [2.24, 2.45) is 5.41 Å². The van der Waals surface area contributed by atoms with Crippen molar-refractivity contribution in [2.45, 2.75) is 19.8 Å². The highest BCUT2D eigenvalue weighted by Gasteiger charge is 2.39. The molecule has 0 unspecified atom stereocenters. The molecule has 0 radical (unpaired) electrons. The van der Waals surface area contributed by atoms with Crippen molar-refractivity contribution in [2.75, 3.05) is 46.4 Å². The quantitative estimate of drug-likeness (QED) is 0.774. The van der Waals surface area contributed by atoms with Crippen LogP contribution >= 0.6 is 0 Å². The Morgan fingerprint density at radius 2 is 2.14 bits per heavy atom. The van der Waals surface area contributed by atoms with E-state index in [0.717, 1.165) is 57.9 Å². The number of hydrogen-bond acceptors (Lipinski definition) is 5. The van der Waals surface area contributed by atoms with E-state index in [1.807, 2.05) is 11.8 Å². The Hall–Kier alpha value is -1.53. The number of carbonyl (C=O) groups is 1. The van der Waals surface area contributed by atoms with Crippen LogP contribution in [0.4, 0.5) is 0 Å². The molecule has 2 fully saturated rings. The molecule has 6 heteroatoms. The van der Waals surface area contributed by atoms with Crippen molar-refractivity contribution in [1.82, 2.24) is 19.8 Å². The fourth-order valence-electron chi connectivity index (χ4n) is 3.50. The molecule has 2 aliphatic rings. The SMILES string of the molecule is Cc1cnc(C(=O)N2CCC[C@@]3(COCCN(C)C3)C2)cn1. The predicted molar refractivity (Wildman–Crippen MR) is 82.7 cm³/mol. The van der Waals surface area contributed by atoms with E-state index in [9.17, 15) is 4.79 Å². The monoisotopic (exact) mass is 304 g/mol. The maximum Gasteiger partial charge on any atom is 0.274 e. The average Bonchev–Trinajstić information content (AvgIpc) is 2.69. The van der Waals surface area contributed by atoms with E-state index in [1.165, 1.54) is 0 Å². The van der Waals surface area contributed by atoms with Crippen LogP contribution in [0.15, 0.2) is 12.4 Å². The normalized spacial score (nSPS) is 26.9. The second kappa shape index (κ2) is 6.30. The van der Waals surface area contributed by atoms with Gasteiger partial charge in [0.05, 0.1) is 25.1 Å². The van der Waals surface area contributed by atoms with Crippen LogP contribution in [0.1, 0.15) is 29.0 Å². The highest BCUT2D eigenvalue weighted by molar-refractivity contribution is 5.92. The number of aromatic nitrogens is 2. The van der Waals surface area contributed by atoms with Gasteiger partial charge in [-0.2, -0.15) is 0 Å². The summed E-state index contributed by atoms with van der Waals surface area (Å²) >= 11 is 0. The van der Waals surface area contributed by atoms with E-state index in [0.29, 0.717) is 5.69 Å². The Labute approximate surface area is 131 Å². The second-order valence-corrected chi connectivity index (χ2v) is 6.66. The van der Waals surface area contributed by atoms with E-state index >= 15 is 0 Å². The van der Waals surface area contributed by atoms with E-state index in [2.05, 4.69) is 21.9 Å². The van der Waals surface area contributed by atoms with Gasteiger partial charge in [0.1, 0.15) is 5.69 Å². The summed E-state index contributed by atoms with van der Waals surface area (Å²) in [5.74, 6) is -0.0153. The lowest BCUT2D eigenvalue weighted by Gasteiger charge is -2.43. The number of hydrogen-bond donors (Lipinski definition) is 0. The van der Waals surface area contributed by atoms with Crippen molar-refractivity contribution in [1.29, 1.82) is 0 Å². The van der Waals surface area contributed by atoms with E-state index in [1.54, 1.807) is 12.4 Å². The van der Waals surface area contributed by atoms with Crippen LogP contribution in [-0.2, 0) is 4.74 Å². The highest BCUT2D eigenvalue weighted by atomic mass is 16.5. The first-order chi connectivity index (χ1) is 10.6. The number of amides is 1. The van der Waals surface area contributed by atoms with Gasteiger partial charge in [-0.15, -0.1) is 0 Å². The molecule has 0 bridgehead atoms. The predicted octanol–water partition coefficient (Wildman–Crippen LogP) is 0.969. The zero-order valence-corrected chi connectivity index (χ0v) is 13.4. The molecule has 22 heavy (non-hydrogen) atoms. The van der Waals surface area contributed by atoms with Gasteiger partial charge in [-0.3, -0.25) is 9.78 Å². The van der Waals surface area contributed by atoms with Crippen LogP contribution in [0, 0.1) is 12.3 Å². The lowest BCUT2D eigenvalue weighted by atomic mass is 9.80. The van der Waals surface area contributed by atoms with E-state index < -0.39 is 0 Å². The van der Waals surface area contributed by atoms with Crippen LogP contribution in [0.3, 0.4) is 0 Å². The Balaban J connectivity index is 1.74. The summed E-state index contributed by atoms with van der Waals surface area (Å²) in [6.45, 7) is 6.85. The Kier molecular flexibility index (Phi) is 4.40. The van der Waals surface area contributed by atoms with Gasteiger partial charge >= 0.3 is 0 Å². The molecule has 1 spiro atoms. The summed E-state index contributed by atoms with van der Waals surface area (Å²) < 4.78 is 5.80. The number of piperidine rings is 1. The van der Waals surface area contributed by atoms with Crippen molar-refractivity contribution >= 4 is 5.91 Å². The molecule has 0 N–H and O–H groups in total. The molecule has 0 aromatic carbocycles. The second-order valence-electron chi connectivity index (χ2n) is 6.66. The molecule has 2 aliphatic heterocycles. The summed E-state index contributed by atoms with van der Waals surface area (Å²) in [7, 11) is 2.13. The number of likely N-dealkylation sites (tertiary alicyclic amines) is 1. The summed E-state index contributed by atoms with van der Waals surface area (Å²) in [5, 5.41) is 0. The zero-order valence-electron chi connectivity index (χ0n) is 13.4. The smallest absolute Gasteiger partial charge is 0.274 e. The molecule has 3 rings (SSSR count). The number of aryl methyl sites for hydroxylation is 1. The minimum Gasteiger partial charge on any atom is -0.379 e. The van der Waals surface area contributed by atoms with Crippen molar-refractivity contribution < 1.29 is 9.53 Å². The summed E-state index contributed by atoms with van der Waals surface area (Å²) in [6, 6.07) is 0. The van der Waals surface area contributed by atoms with Gasteiger partial charge in [0.25, 0.3) is 5.91 Å². The third kappa shape index (κ3) is 3.28. The summed E-state index contributed by atoms with van der Waals surface area (Å²) in [6.07, 6.45) is 5.35. The first-order valence-corrected chi connectivity index (χ1v) is 7.92. The first-order valence-electron chi connectivity index (χ1n) is 7.92. The number of carbonyl (C=O) groups excluding carboxylic acids is 1. The molecule has 2 saturated heterocycles. The maximum atomic E-state index is 12.7. The van der Waals surface area contributed by atoms with Gasteiger partial charge in [0.2, 0.25) is 0 Å². The maximum absolute atomic E-state index is 12.7. The van der Waals surface area contributed by atoms with E-state index in [-0.39, 0.29) is 11.3 Å². The van der Waals surface area contributed by atoms with Gasteiger partial charge in [-0.05, 0) is 26.8 Å². The van der Waals surface area contributed by atoms with Crippen LogP contribution in [0.5, 0.6) is 0 Å². The van der Waals surface area contributed by atoms with Crippen molar-refractivity contribution in [3.63, 3.8) is 0 Å². The average molecular weight is 304 g/mol. The van der Waals surface area contributed by atoms with Gasteiger partial charge in [-0.1, -0.05) is 0 Å². The molecule has 0 aliphatic carbocycles. The van der Waals surface area contributed by atoms with Gasteiger partial charge in [-0.25, -0.2) is 4.98 Å². The van der Waals surface area contributed by atoms with Gasteiger partial charge < -0.3 is 14.5 Å². The van der Waals surface area contributed by atoms with Crippen LogP contribution in [0.25, 0.3) is 0 Å². The molecule has 0 saturated carbocycles. The number of likely N-dealkylation sites (N-methyl/N-ethyl adjacent to an activating group) is 1. The number of nitrogens with zero attached hydrogens (tertiary/aromatic N) is 4. The molecule has 6 nitrogen and oxygen atoms in total. The highest BCUT2D eigenvalue weighted by Crippen LogP contribution is 2.33. The summed E-state index contributed by atoms with van der Waals surface area (Å²) in [4.78, 5) is 25.3. The van der Waals surface area contributed by atoms with Gasteiger partial charge in [0.15, 0.2) is 0 Å². The molecule has 1 aromatic rings. The standard InChI is InChI=1S/C16H24N4O2/c1-13-8-18-14(9-17-13)15(21)20-5-3-4-16(11-20)10-19(2)6-7-22-12-16/h8-9H,3-7,10-12H2,1-2H3/t16-/m0/s1. The Morgan fingerprint density at radius 3 is 2.91 bits per heavy atom. The molecule has 1 amide bonds. The lowest BCUT2D eigenvalue weighted by Crippen LogP contribution is -2.51. The first kappa shape index (κ1) is 15.4. The minimum absolute atomic E-state index is 0.0153. The Bertz CT molecular complexity index is 533.